The standard InChI is InChI=1S/C15H25NOS/c1-5-16-13(4)14-8-6-7-9-15(14)17-10-11-18-12(2)3/h6-9,12-13,16H,5,10-11H2,1-4H3. The number of ether oxygens (including phenoxy) is 1. The largest absolute Gasteiger partial charge is 0.492 e. The summed E-state index contributed by atoms with van der Waals surface area (Å²) in [6.45, 7) is 10.5. The number of benzene rings is 1. The Morgan fingerprint density at radius 2 is 1.94 bits per heavy atom. The number of nitrogens with one attached hydrogen (secondary N) is 1. The predicted octanol–water partition coefficient (Wildman–Crippen LogP) is 3.88. The average Bonchev–Trinajstić information content (AvgIpc) is 2.35. The first-order valence-corrected chi connectivity index (χ1v) is 7.76. The number of thioether (sulfide) groups is 1. The fraction of sp³-hybridized carbons (Fsp3) is 0.600. The molecular weight excluding hydrogens is 242 g/mol. The monoisotopic (exact) mass is 267 g/mol. The van der Waals surface area contributed by atoms with Gasteiger partial charge in [0, 0.05) is 17.4 Å². The quantitative estimate of drug-likeness (QED) is 0.722. The van der Waals surface area contributed by atoms with E-state index in [0.29, 0.717) is 11.3 Å². The maximum atomic E-state index is 5.89. The Hall–Kier alpha value is -0.670. The van der Waals surface area contributed by atoms with Crippen LogP contribution in [0.1, 0.15) is 39.3 Å². The van der Waals surface area contributed by atoms with E-state index in [4.69, 9.17) is 4.74 Å². The molecule has 1 aromatic rings. The van der Waals surface area contributed by atoms with Gasteiger partial charge in [0.2, 0.25) is 0 Å². The van der Waals surface area contributed by atoms with Crippen LogP contribution in [0.5, 0.6) is 5.75 Å². The third kappa shape index (κ3) is 5.32. The Morgan fingerprint density at radius 1 is 1.22 bits per heavy atom. The Morgan fingerprint density at radius 3 is 2.61 bits per heavy atom. The summed E-state index contributed by atoms with van der Waals surface area (Å²) in [5.74, 6) is 2.05. The van der Waals surface area contributed by atoms with E-state index in [0.717, 1.165) is 24.7 Å². The second-order valence-corrected chi connectivity index (χ2v) is 6.27. The molecule has 1 atom stereocenters. The molecule has 0 aliphatic heterocycles. The van der Waals surface area contributed by atoms with Gasteiger partial charge in [-0.05, 0) is 24.8 Å². The second-order valence-electron chi connectivity index (χ2n) is 4.59. The van der Waals surface area contributed by atoms with E-state index in [2.05, 4.69) is 51.2 Å². The molecule has 0 amide bonds. The van der Waals surface area contributed by atoms with Gasteiger partial charge in [0.05, 0.1) is 6.61 Å². The van der Waals surface area contributed by atoms with Gasteiger partial charge in [-0.3, -0.25) is 0 Å². The van der Waals surface area contributed by atoms with Gasteiger partial charge in [-0.1, -0.05) is 39.0 Å². The highest BCUT2D eigenvalue weighted by Crippen LogP contribution is 2.25. The molecule has 1 rings (SSSR count). The lowest BCUT2D eigenvalue weighted by atomic mass is 10.1. The molecule has 0 radical (unpaired) electrons. The van der Waals surface area contributed by atoms with Gasteiger partial charge in [-0.25, -0.2) is 0 Å². The molecule has 1 aromatic carbocycles. The summed E-state index contributed by atoms with van der Waals surface area (Å²) in [5, 5.41) is 4.10. The van der Waals surface area contributed by atoms with Crippen LogP contribution in [-0.2, 0) is 0 Å². The van der Waals surface area contributed by atoms with Crippen LogP contribution in [-0.4, -0.2) is 24.2 Å². The van der Waals surface area contributed by atoms with Crippen molar-refractivity contribution in [2.75, 3.05) is 18.9 Å². The van der Waals surface area contributed by atoms with Crippen molar-refractivity contribution >= 4 is 11.8 Å². The van der Waals surface area contributed by atoms with E-state index in [1.165, 1.54) is 5.56 Å². The molecule has 1 N–H and O–H groups in total. The van der Waals surface area contributed by atoms with Crippen LogP contribution >= 0.6 is 11.8 Å². The third-order valence-electron chi connectivity index (χ3n) is 2.69. The SMILES string of the molecule is CCNC(C)c1ccccc1OCCSC(C)C. The maximum Gasteiger partial charge on any atom is 0.124 e. The summed E-state index contributed by atoms with van der Waals surface area (Å²) in [4.78, 5) is 0. The minimum Gasteiger partial charge on any atom is -0.492 e. The lowest BCUT2D eigenvalue weighted by molar-refractivity contribution is 0.336. The fourth-order valence-electron chi connectivity index (χ4n) is 1.82. The minimum absolute atomic E-state index is 0.337. The highest BCUT2D eigenvalue weighted by atomic mass is 32.2. The van der Waals surface area contributed by atoms with Crippen LogP contribution in [0.25, 0.3) is 0 Å². The fourth-order valence-corrected chi connectivity index (χ4v) is 2.47. The van der Waals surface area contributed by atoms with Crippen molar-refractivity contribution < 1.29 is 4.74 Å². The van der Waals surface area contributed by atoms with E-state index in [-0.39, 0.29) is 0 Å². The first kappa shape index (κ1) is 15.4. The first-order valence-electron chi connectivity index (χ1n) is 6.71. The zero-order valence-corrected chi connectivity index (χ0v) is 12.7. The maximum absolute atomic E-state index is 5.89. The summed E-state index contributed by atoms with van der Waals surface area (Å²) < 4.78 is 5.89. The Labute approximate surface area is 116 Å². The molecule has 2 nitrogen and oxygen atoms in total. The molecule has 0 aliphatic carbocycles. The molecule has 3 heteroatoms. The van der Waals surface area contributed by atoms with Gasteiger partial charge in [-0.2, -0.15) is 11.8 Å². The van der Waals surface area contributed by atoms with E-state index in [1.54, 1.807) is 0 Å². The van der Waals surface area contributed by atoms with Crippen LogP contribution in [0.3, 0.4) is 0 Å². The molecule has 0 aromatic heterocycles. The topological polar surface area (TPSA) is 21.3 Å². The van der Waals surface area contributed by atoms with Gasteiger partial charge in [0.25, 0.3) is 0 Å². The van der Waals surface area contributed by atoms with Crippen LogP contribution in [0, 0.1) is 0 Å². The zero-order chi connectivity index (χ0) is 13.4. The predicted molar refractivity (Wildman–Crippen MR) is 81.6 cm³/mol. The Kier molecular flexibility index (Phi) is 7.21. The van der Waals surface area contributed by atoms with Crippen LogP contribution < -0.4 is 10.1 Å². The highest BCUT2D eigenvalue weighted by Gasteiger charge is 2.09. The summed E-state index contributed by atoms with van der Waals surface area (Å²) in [5.41, 5.74) is 1.24. The Bertz CT molecular complexity index is 341. The van der Waals surface area contributed by atoms with E-state index in [9.17, 15) is 0 Å². The van der Waals surface area contributed by atoms with Crippen molar-refractivity contribution in [2.45, 2.75) is 39.0 Å². The molecule has 0 aliphatic rings. The lowest BCUT2D eigenvalue weighted by Crippen LogP contribution is -2.18. The summed E-state index contributed by atoms with van der Waals surface area (Å²) in [7, 11) is 0. The summed E-state index contributed by atoms with van der Waals surface area (Å²) in [6.07, 6.45) is 0. The van der Waals surface area contributed by atoms with Crippen LogP contribution in [0.2, 0.25) is 0 Å². The molecule has 0 saturated heterocycles. The first-order chi connectivity index (χ1) is 8.65. The lowest BCUT2D eigenvalue weighted by Gasteiger charge is -2.17. The third-order valence-corrected chi connectivity index (χ3v) is 3.76. The summed E-state index contributed by atoms with van der Waals surface area (Å²) >= 11 is 1.93. The van der Waals surface area contributed by atoms with Crippen LogP contribution in [0.15, 0.2) is 24.3 Å². The van der Waals surface area contributed by atoms with Crippen molar-refractivity contribution in [2.24, 2.45) is 0 Å². The van der Waals surface area contributed by atoms with Crippen molar-refractivity contribution in [3.8, 4) is 5.75 Å². The smallest absolute Gasteiger partial charge is 0.124 e. The van der Waals surface area contributed by atoms with Gasteiger partial charge in [-0.15, -0.1) is 0 Å². The Balaban J connectivity index is 2.53. The van der Waals surface area contributed by atoms with Crippen molar-refractivity contribution in [3.05, 3.63) is 29.8 Å². The van der Waals surface area contributed by atoms with E-state index in [1.807, 2.05) is 17.8 Å². The zero-order valence-electron chi connectivity index (χ0n) is 11.9. The number of para-hydroxylation sites is 1. The van der Waals surface area contributed by atoms with Gasteiger partial charge < -0.3 is 10.1 Å². The normalized spacial score (nSPS) is 12.7. The molecule has 0 spiro atoms. The molecule has 102 valence electrons. The van der Waals surface area contributed by atoms with E-state index < -0.39 is 0 Å². The second kappa shape index (κ2) is 8.44. The molecular formula is C15H25NOS. The highest BCUT2D eigenvalue weighted by molar-refractivity contribution is 7.99. The van der Waals surface area contributed by atoms with Gasteiger partial charge in [0.1, 0.15) is 5.75 Å². The van der Waals surface area contributed by atoms with Crippen molar-refractivity contribution in [1.29, 1.82) is 0 Å². The van der Waals surface area contributed by atoms with Gasteiger partial charge in [0.15, 0.2) is 0 Å². The average molecular weight is 267 g/mol. The number of hydrogen-bond acceptors (Lipinski definition) is 3. The summed E-state index contributed by atoms with van der Waals surface area (Å²) in [6, 6.07) is 8.64. The van der Waals surface area contributed by atoms with Gasteiger partial charge >= 0.3 is 0 Å². The number of rotatable bonds is 8. The molecule has 0 saturated carbocycles. The molecule has 0 heterocycles. The van der Waals surface area contributed by atoms with Crippen molar-refractivity contribution in [1.82, 2.24) is 5.32 Å². The van der Waals surface area contributed by atoms with Crippen LogP contribution in [0.4, 0.5) is 0 Å². The van der Waals surface area contributed by atoms with Crippen molar-refractivity contribution in [3.63, 3.8) is 0 Å². The molecule has 18 heavy (non-hydrogen) atoms. The molecule has 1 unspecified atom stereocenters. The molecule has 0 fully saturated rings. The minimum atomic E-state index is 0.337. The number of hydrogen-bond donors (Lipinski definition) is 1. The van der Waals surface area contributed by atoms with E-state index >= 15 is 0 Å². The molecule has 0 bridgehead atoms.